The summed E-state index contributed by atoms with van der Waals surface area (Å²) in [6.07, 6.45) is 9.06. The van der Waals surface area contributed by atoms with Gasteiger partial charge in [-0.2, -0.15) is 0 Å². The van der Waals surface area contributed by atoms with Crippen LogP contribution in [0.5, 0.6) is 0 Å². The van der Waals surface area contributed by atoms with Crippen LogP contribution in [0.4, 0.5) is 0 Å². The molecule has 2 rings (SSSR count). The standard InChI is InChI=1S/C15H14O3/c16-14(12-6-2-1-3-7-12)10-9-13-8-4-5-11-15(13,17)18/h1-11,13,17-18H. The van der Waals surface area contributed by atoms with Crippen molar-refractivity contribution in [3.8, 4) is 0 Å². The Morgan fingerprint density at radius 3 is 2.56 bits per heavy atom. The molecule has 0 aromatic heterocycles. The second-order valence-corrected chi connectivity index (χ2v) is 4.14. The van der Waals surface area contributed by atoms with Gasteiger partial charge in [-0.15, -0.1) is 0 Å². The van der Waals surface area contributed by atoms with Gasteiger partial charge < -0.3 is 10.2 Å². The first kappa shape index (κ1) is 12.5. The van der Waals surface area contributed by atoms with Gasteiger partial charge in [0.05, 0.1) is 5.92 Å². The van der Waals surface area contributed by atoms with E-state index in [1.165, 1.54) is 18.2 Å². The number of allylic oxidation sites excluding steroid dienone is 3. The van der Waals surface area contributed by atoms with Crippen LogP contribution < -0.4 is 0 Å². The number of rotatable bonds is 3. The van der Waals surface area contributed by atoms with E-state index in [1.807, 2.05) is 6.07 Å². The van der Waals surface area contributed by atoms with Crippen molar-refractivity contribution in [3.63, 3.8) is 0 Å². The molecule has 3 nitrogen and oxygen atoms in total. The smallest absolute Gasteiger partial charge is 0.193 e. The summed E-state index contributed by atoms with van der Waals surface area (Å²) in [4.78, 5) is 11.8. The van der Waals surface area contributed by atoms with E-state index >= 15 is 0 Å². The molecule has 1 aliphatic carbocycles. The molecule has 0 bridgehead atoms. The lowest BCUT2D eigenvalue weighted by Gasteiger charge is -2.25. The molecule has 1 aromatic rings. The second kappa shape index (κ2) is 5.12. The van der Waals surface area contributed by atoms with Gasteiger partial charge >= 0.3 is 0 Å². The molecule has 0 saturated heterocycles. The van der Waals surface area contributed by atoms with E-state index in [0.717, 1.165) is 0 Å². The van der Waals surface area contributed by atoms with Crippen molar-refractivity contribution in [2.24, 2.45) is 5.92 Å². The minimum absolute atomic E-state index is 0.158. The summed E-state index contributed by atoms with van der Waals surface area (Å²) in [5.41, 5.74) is 0.575. The molecular formula is C15H14O3. The normalized spacial score (nSPS) is 21.3. The van der Waals surface area contributed by atoms with Crippen molar-refractivity contribution in [1.29, 1.82) is 0 Å². The highest BCUT2D eigenvalue weighted by Gasteiger charge is 2.29. The Kier molecular flexibility index (Phi) is 3.55. The van der Waals surface area contributed by atoms with Gasteiger partial charge in [0.2, 0.25) is 0 Å². The molecule has 1 aliphatic rings. The Labute approximate surface area is 105 Å². The number of hydrogen-bond donors (Lipinski definition) is 2. The van der Waals surface area contributed by atoms with Crippen LogP contribution in [0.1, 0.15) is 10.4 Å². The quantitative estimate of drug-likeness (QED) is 0.483. The van der Waals surface area contributed by atoms with Crippen molar-refractivity contribution >= 4 is 5.78 Å². The minimum Gasteiger partial charge on any atom is -0.362 e. The number of carbonyl (C=O) groups excluding carboxylic acids is 1. The first-order chi connectivity index (χ1) is 8.59. The molecule has 1 atom stereocenters. The molecule has 3 heteroatoms. The largest absolute Gasteiger partial charge is 0.362 e. The summed E-state index contributed by atoms with van der Waals surface area (Å²) in [6, 6.07) is 8.84. The molecular weight excluding hydrogens is 228 g/mol. The topological polar surface area (TPSA) is 57.5 Å². The van der Waals surface area contributed by atoms with Crippen molar-refractivity contribution in [2.45, 2.75) is 5.79 Å². The first-order valence-corrected chi connectivity index (χ1v) is 5.68. The number of carbonyl (C=O) groups is 1. The number of hydrogen-bond acceptors (Lipinski definition) is 3. The lowest BCUT2D eigenvalue weighted by atomic mass is 9.93. The average molecular weight is 242 g/mol. The first-order valence-electron chi connectivity index (χ1n) is 5.68. The van der Waals surface area contributed by atoms with Gasteiger partial charge in [0.1, 0.15) is 0 Å². The van der Waals surface area contributed by atoms with E-state index in [1.54, 1.807) is 42.5 Å². The number of benzene rings is 1. The summed E-state index contributed by atoms with van der Waals surface area (Å²) in [5.74, 6) is -2.70. The van der Waals surface area contributed by atoms with E-state index in [-0.39, 0.29) is 5.78 Å². The third-order valence-corrected chi connectivity index (χ3v) is 2.77. The van der Waals surface area contributed by atoms with Crippen LogP contribution in [0.2, 0.25) is 0 Å². The summed E-state index contributed by atoms with van der Waals surface area (Å²) < 4.78 is 0. The predicted molar refractivity (Wildman–Crippen MR) is 68.9 cm³/mol. The third-order valence-electron chi connectivity index (χ3n) is 2.77. The number of aliphatic hydroxyl groups is 2. The fraction of sp³-hybridized carbons (Fsp3) is 0.133. The second-order valence-electron chi connectivity index (χ2n) is 4.14. The van der Waals surface area contributed by atoms with Crippen LogP contribution in [0.15, 0.2) is 66.8 Å². The molecule has 92 valence electrons. The predicted octanol–water partition coefficient (Wildman–Crippen LogP) is 1.85. The van der Waals surface area contributed by atoms with Crippen molar-refractivity contribution in [2.75, 3.05) is 0 Å². The molecule has 0 aliphatic heterocycles. The molecule has 0 radical (unpaired) electrons. The van der Waals surface area contributed by atoms with Gasteiger partial charge in [-0.25, -0.2) is 0 Å². The summed E-state index contributed by atoms with van der Waals surface area (Å²) in [5, 5.41) is 19.3. The zero-order valence-corrected chi connectivity index (χ0v) is 9.73. The van der Waals surface area contributed by atoms with Gasteiger partial charge in [0, 0.05) is 5.56 Å². The Balaban J connectivity index is 2.10. The van der Waals surface area contributed by atoms with Gasteiger partial charge in [-0.05, 0) is 12.2 Å². The molecule has 1 aromatic carbocycles. The van der Waals surface area contributed by atoms with Crippen molar-refractivity contribution < 1.29 is 15.0 Å². The van der Waals surface area contributed by atoms with Crippen LogP contribution in [0.3, 0.4) is 0 Å². The molecule has 0 heterocycles. The van der Waals surface area contributed by atoms with Crippen molar-refractivity contribution in [3.05, 3.63) is 72.4 Å². The maximum atomic E-state index is 11.8. The fourth-order valence-electron chi connectivity index (χ4n) is 1.73. The van der Waals surface area contributed by atoms with E-state index in [4.69, 9.17) is 0 Å². The van der Waals surface area contributed by atoms with Gasteiger partial charge in [-0.3, -0.25) is 4.79 Å². The van der Waals surface area contributed by atoms with E-state index in [0.29, 0.717) is 5.56 Å². The summed E-state index contributed by atoms with van der Waals surface area (Å²) in [6.45, 7) is 0. The van der Waals surface area contributed by atoms with Gasteiger partial charge in [0.25, 0.3) is 0 Å². The van der Waals surface area contributed by atoms with Crippen LogP contribution in [0, 0.1) is 5.92 Å². The number of ketones is 1. The maximum absolute atomic E-state index is 11.8. The van der Waals surface area contributed by atoms with E-state index < -0.39 is 11.7 Å². The Hall–Kier alpha value is -1.97. The average Bonchev–Trinajstić information content (AvgIpc) is 2.38. The molecule has 0 fully saturated rings. The highest BCUT2D eigenvalue weighted by atomic mass is 16.5. The van der Waals surface area contributed by atoms with Crippen molar-refractivity contribution in [1.82, 2.24) is 0 Å². The highest BCUT2D eigenvalue weighted by Crippen LogP contribution is 2.23. The van der Waals surface area contributed by atoms with E-state index in [2.05, 4.69) is 0 Å². The van der Waals surface area contributed by atoms with Gasteiger partial charge in [-0.1, -0.05) is 54.6 Å². The molecule has 0 amide bonds. The zero-order valence-electron chi connectivity index (χ0n) is 9.73. The molecule has 0 spiro atoms. The lowest BCUT2D eigenvalue weighted by Crippen LogP contribution is -2.34. The Morgan fingerprint density at radius 2 is 1.89 bits per heavy atom. The van der Waals surface area contributed by atoms with Gasteiger partial charge in [0.15, 0.2) is 11.6 Å². The Morgan fingerprint density at radius 1 is 1.17 bits per heavy atom. The highest BCUT2D eigenvalue weighted by molar-refractivity contribution is 6.04. The molecule has 1 unspecified atom stereocenters. The molecule has 2 N–H and O–H groups in total. The van der Waals surface area contributed by atoms with Crippen LogP contribution in [-0.2, 0) is 0 Å². The lowest BCUT2D eigenvalue weighted by molar-refractivity contribution is -0.136. The van der Waals surface area contributed by atoms with E-state index in [9.17, 15) is 15.0 Å². The van der Waals surface area contributed by atoms with Crippen LogP contribution in [0.25, 0.3) is 0 Å². The SMILES string of the molecule is O=C(C=CC1C=CC=CC1(O)O)c1ccccc1. The fourth-order valence-corrected chi connectivity index (χ4v) is 1.73. The monoisotopic (exact) mass is 242 g/mol. The Bertz CT molecular complexity index is 510. The molecule has 18 heavy (non-hydrogen) atoms. The van der Waals surface area contributed by atoms with Crippen LogP contribution >= 0.6 is 0 Å². The maximum Gasteiger partial charge on any atom is 0.193 e. The zero-order chi connectivity index (χ0) is 13.0. The summed E-state index contributed by atoms with van der Waals surface area (Å²) in [7, 11) is 0. The molecule has 0 saturated carbocycles. The van der Waals surface area contributed by atoms with Crippen LogP contribution in [-0.4, -0.2) is 21.8 Å². The third kappa shape index (κ3) is 2.83. The summed E-state index contributed by atoms with van der Waals surface area (Å²) >= 11 is 0. The minimum atomic E-state index is -1.93.